The summed E-state index contributed by atoms with van der Waals surface area (Å²) >= 11 is 0. The molecule has 0 saturated heterocycles. The Kier molecular flexibility index (Phi) is 6.06. The van der Waals surface area contributed by atoms with Crippen molar-refractivity contribution in [3.8, 4) is 5.88 Å². The van der Waals surface area contributed by atoms with Gasteiger partial charge in [-0.1, -0.05) is 13.8 Å². The molecule has 20 heavy (non-hydrogen) atoms. The Bertz CT molecular complexity index is 530. The summed E-state index contributed by atoms with van der Waals surface area (Å²) in [6, 6.07) is 3.47. The number of rotatable bonds is 8. The number of pyridine rings is 1. The van der Waals surface area contributed by atoms with Crippen LogP contribution in [0.2, 0.25) is 0 Å². The van der Waals surface area contributed by atoms with Crippen LogP contribution in [0.15, 0.2) is 12.1 Å². The highest BCUT2D eigenvalue weighted by atomic mass is 32.2. The van der Waals surface area contributed by atoms with Gasteiger partial charge in [0.05, 0.1) is 18.0 Å². The summed E-state index contributed by atoms with van der Waals surface area (Å²) < 4.78 is 27.5. The van der Waals surface area contributed by atoms with Gasteiger partial charge >= 0.3 is 0 Å². The first-order valence-corrected chi connectivity index (χ1v) is 8.65. The van der Waals surface area contributed by atoms with Gasteiger partial charge in [-0.15, -0.1) is 0 Å². The zero-order valence-corrected chi connectivity index (χ0v) is 13.0. The van der Waals surface area contributed by atoms with Gasteiger partial charge in [0.15, 0.2) is 0 Å². The first kappa shape index (κ1) is 16.6. The van der Waals surface area contributed by atoms with E-state index in [4.69, 9.17) is 10.5 Å². The lowest BCUT2D eigenvalue weighted by atomic mass is 10.2. The van der Waals surface area contributed by atoms with Gasteiger partial charge in [-0.3, -0.25) is 0 Å². The number of aromatic nitrogens is 1. The van der Waals surface area contributed by atoms with Crippen LogP contribution in [-0.2, 0) is 9.84 Å². The third kappa shape index (κ3) is 6.60. The second kappa shape index (κ2) is 7.33. The number of sulfone groups is 1. The van der Waals surface area contributed by atoms with Crippen molar-refractivity contribution >= 4 is 21.3 Å². The van der Waals surface area contributed by atoms with Crippen molar-refractivity contribution in [3.63, 3.8) is 0 Å². The third-order valence-corrected chi connectivity index (χ3v) is 3.47. The van der Waals surface area contributed by atoms with Crippen LogP contribution in [0.5, 0.6) is 5.88 Å². The molecule has 114 valence electrons. The third-order valence-electron chi connectivity index (χ3n) is 2.44. The molecule has 0 bridgehead atoms. The lowest BCUT2D eigenvalue weighted by Gasteiger charge is -2.12. The standard InChI is InChI=1S/C13H23N3O3S/c1-10(2)9-19-13-11(14)5-6-12(16-13)15-7-4-8-20(3,17)18/h5-6,10H,4,7-9,14H2,1-3H3,(H,15,16). The Labute approximate surface area is 120 Å². The number of nitrogens with one attached hydrogen (secondary N) is 1. The number of ether oxygens (including phenoxy) is 1. The number of hydrogen-bond acceptors (Lipinski definition) is 6. The second-order valence-electron chi connectivity index (χ2n) is 5.21. The lowest BCUT2D eigenvalue weighted by molar-refractivity contribution is 0.263. The quantitative estimate of drug-likeness (QED) is 0.707. The van der Waals surface area contributed by atoms with Crippen LogP contribution in [-0.4, -0.2) is 38.6 Å². The molecule has 0 fully saturated rings. The van der Waals surface area contributed by atoms with E-state index in [0.717, 1.165) is 0 Å². The molecule has 1 rings (SSSR count). The molecule has 0 spiro atoms. The van der Waals surface area contributed by atoms with Crippen molar-refractivity contribution < 1.29 is 13.2 Å². The molecule has 1 aromatic rings. The molecule has 0 aliphatic rings. The maximum absolute atomic E-state index is 11.0. The van der Waals surface area contributed by atoms with Crippen LogP contribution in [0.4, 0.5) is 11.5 Å². The average Bonchev–Trinajstić information content (AvgIpc) is 2.33. The van der Waals surface area contributed by atoms with Gasteiger partial charge in [0.2, 0.25) is 5.88 Å². The van der Waals surface area contributed by atoms with Crippen molar-refractivity contribution in [1.29, 1.82) is 0 Å². The van der Waals surface area contributed by atoms with Gasteiger partial charge in [0, 0.05) is 12.8 Å². The van der Waals surface area contributed by atoms with Gasteiger partial charge in [-0.25, -0.2) is 8.42 Å². The Morgan fingerprint density at radius 2 is 2.10 bits per heavy atom. The fraction of sp³-hybridized carbons (Fsp3) is 0.615. The Morgan fingerprint density at radius 3 is 2.70 bits per heavy atom. The summed E-state index contributed by atoms with van der Waals surface area (Å²) in [5.74, 6) is 1.59. The molecular formula is C13H23N3O3S. The molecule has 0 saturated carbocycles. The van der Waals surface area contributed by atoms with Crippen molar-refractivity contribution in [3.05, 3.63) is 12.1 Å². The first-order valence-electron chi connectivity index (χ1n) is 6.59. The molecule has 0 radical (unpaired) electrons. The number of nitrogen functional groups attached to an aromatic ring is 1. The summed E-state index contributed by atoms with van der Waals surface area (Å²) in [5.41, 5.74) is 6.29. The smallest absolute Gasteiger partial charge is 0.239 e. The minimum absolute atomic E-state index is 0.158. The molecule has 0 aliphatic heterocycles. The van der Waals surface area contributed by atoms with E-state index >= 15 is 0 Å². The van der Waals surface area contributed by atoms with E-state index in [0.29, 0.717) is 42.9 Å². The van der Waals surface area contributed by atoms with Crippen molar-refractivity contribution in [2.45, 2.75) is 20.3 Å². The predicted molar refractivity (Wildman–Crippen MR) is 81.8 cm³/mol. The van der Waals surface area contributed by atoms with Crippen LogP contribution in [0.25, 0.3) is 0 Å². The zero-order chi connectivity index (χ0) is 15.2. The van der Waals surface area contributed by atoms with Crippen LogP contribution in [0, 0.1) is 5.92 Å². The topological polar surface area (TPSA) is 94.3 Å². The van der Waals surface area contributed by atoms with Gasteiger partial charge < -0.3 is 15.8 Å². The van der Waals surface area contributed by atoms with E-state index in [1.807, 2.05) is 13.8 Å². The van der Waals surface area contributed by atoms with E-state index in [9.17, 15) is 8.42 Å². The highest BCUT2D eigenvalue weighted by Gasteiger charge is 2.06. The van der Waals surface area contributed by atoms with E-state index in [1.165, 1.54) is 6.26 Å². The maximum Gasteiger partial charge on any atom is 0.239 e. The molecule has 0 atom stereocenters. The Balaban J connectivity index is 2.52. The Morgan fingerprint density at radius 1 is 1.40 bits per heavy atom. The van der Waals surface area contributed by atoms with Gasteiger partial charge in [-0.2, -0.15) is 4.98 Å². The second-order valence-corrected chi connectivity index (χ2v) is 7.47. The number of anilines is 2. The maximum atomic E-state index is 11.0. The van der Waals surface area contributed by atoms with Crippen LogP contribution >= 0.6 is 0 Å². The van der Waals surface area contributed by atoms with Crippen molar-refractivity contribution in [2.75, 3.05) is 36.2 Å². The summed E-state index contributed by atoms with van der Waals surface area (Å²) in [5, 5.41) is 3.06. The monoisotopic (exact) mass is 301 g/mol. The van der Waals surface area contributed by atoms with Gasteiger partial charge in [0.25, 0.3) is 0 Å². The number of nitrogens with two attached hydrogens (primary N) is 1. The Hall–Kier alpha value is -1.50. The molecule has 0 unspecified atom stereocenters. The number of hydrogen-bond donors (Lipinski definition) is 2. The van der Waals surface area contributed by atoms with Crippen molar-refractivity contribution in [2.24, 2.45) is 5.92 Å². The van der Waals surface area contributed by atoms with E-state index in [2.05, 4.69) is 10.3 Å². The summed E-state index contributed by atoms with van der Waals surface area (Å²) in [7, 11) is -2.92. The predicted octanol–water partition coefficient (Wildman–Crippen LogP) is 1.55. The molecule has 7 heteroatoms. The molecule has 0 aromatic carbocycles. The fourth-order valence-corrected chi connectivity index (χ4v) is 2.13. The molecule has 0 aliphatic carbocycles. The SMILES string of the molecule is CC(C)COc1nc(NCCCS(C)(=O)=O)ccc1N. The average molecular weight is 301 g/mol. The van der Waals surface area contributed by atoms with Crippen molar-refractivity contribution in [1.82, 2.24) is 4.98 Å². The highest BCUT2D eigenvalue weighted by molar-refractivity contribution is 7.90. The van der Waals surface area contributed by atoms with E-state index in [-0.39, 0.29) is 5.75 Å². The van der Waals surface area contributed by atoms with Crippen LogP contribution < -0.4 is 15.8 Å². The molecule has 3 N–H and O–H groups in total. The summed E-state index contributed by atoms with van der Waals surface area (Å²) in [6.45, 7) is 5.18. The minimum atomic E-state index is -2.92. The van der Waals surface area contributed by atoms with Crippen LogP contribution in [0.1, 0.15) is 20.3 Å². The summed E-state index contributed by atoms with van der Waals surface area (Å²) in [6.07, 6.45) is 1.76. The normalized spacial score (nSPS) is 11.6. The lowest BCUT2D eigenvalue weighted by Crippen LogP contribution is -2.12. The largest absolute Gasteiger partial charge is 0.476 e. The zero-order valence-electron chi connectivity index (χ0n) is 12.2. The molecular weight excluding hydrogens is 278 g/mol. The minimum Gasteiger partial charge on any atom is -0.476 e. The van der Waals surface area contributed by atoms with E-state index in [1.54, 1.807) is 12.1 Å². The van der Waals surface area contributed by atoms with Crippen LogP contribution in [0.3, 0.4) is 0 Å². The van der Waals surface area contributed by atoms with Gasteiger partial charge in [0.1, 0.15) is 15.7 Å². The highest BCUT2D eigenvalue weighted by Crippen LogP contribution is 2.21. The number of nitrogens with zero attached hydrogens (tertiary/aromatic N) is 1. The van der Waals surface area contributed by atoms with Gasteiger partial charge in [-0.05, 0) is 24.5 Å². The molecule has 1 heterocycles. The van der Waals surface area contributed by atoms with E-state index < -0.39 is 9.84 Å². The molecule has 0 amide bonds. The molecule has 6 nitrogen and oxygen atoms in total. The molecule has 1 aromatic heterocycles. The fourth-order valence-electron chi connectivity index (χ4n) is 1.46. The summed E-state index contributed by atoms with van der Waals surface area (Å²) in [4.78, 5) is 4.27. The first-order chi connectivity index (χ1) is 9.28.